The lowest BCUT2D eigenvalue weighted by Crippen LogP contribution is -2.17. The van der Waals surface area contributed by atoms with Gasteiger partial charge in [-0.1, -0.05) is 58.3 Å². The first kappa shape index (κ1) is 23.9. The van der Waals surface area contributed by atoms with Crippen molar-refractivity contribution in [3.63, 3.8) is 0 Å². The molecule has 8 heteroatoms. The molecule has 0 heterocycles. The number of rotatable bonds is 12. The molecule has 0 bridgehead atoms. The van der Waals surface area contributed by atoms with E-state index in [1.165, 1.54) is 32.1 Å². The predicted molar refractivity (Wildman–Crippen MR) is 87.2 cm³/mol. The molecule has 0 aliphatic heterocycles. The largest absolute Gasteiger partial charge is 0.506 e. The van der Waals surface area contributed by atoms with Crippen molar-refractivity contribution in [2.75, 3.05) is 0 Å². The summed E-state index contributed by atoms with van der Waals surface area (Å²) in [6, 6.07) is 0. The lowest BCUT2D eigenvalue weighted by Gasteiger charge is -2.04. The maximum atomic E-state index is 11.3. The summed E-state index contributed by atoms with van der Waals surface area (Å²) in [5, 5.41) is 0. The van der Waals surface area contributed by atoms with Crippen LogP contribution in [0.3, 0.4) is 0 Å². The molecular weight excluding hydrogens is 321 g/mol. The molecule has 0 atom stereocenters. The summed E-state index contributed by atoms with van der Waals surface area (Å²) in [5.74, 6) is -1.93. The highest BCUT2D eigenvalue weighted by Crippen LogP contribution is 2.11. The molecule has 0 rings (SSSR count). The van der Waals surface area contributed by atoms with Crippen molar-refractivity contribution < 1.29 is 26.4 Å². The van der Waals surface area contributed by atoms with Crippen molar-refractivity contribution in [3.8, 4) is 0 Å². The molecule has 0 aromatic carbocycles. The van der Waals surface area contributed by atoms with Gasteiger partial charge in [0.1, 0.15) is 0 Å². The molecule has 0 N–H and O–H groups in total. The Morgan fingerprint density at radius 1 is 0.818 bits per heavy atom. The Morgan fingerprint density at radius 3 is 1.73 bits per heavy atom. The van der Waals surface area contributed by atoms with Gasteiger partial charge in [-0.25, -0.2) is 0 Å². The standard InChI is InChI=1S/C14H26O6S.Mg.2H/c1-3-4-5-6-7-8-9-10-11-12-14(16)20-21(17,18)19-13(2)15;;;/h3-12H2,1-2H3;;;. The minimum absolute atomic E-state index is 0. The second-order valence-electron chi connectivity index (χ2n) is 5.02. The molecule has 0 fully saturated rings. The van der Waals surface area contributed by atoms with Crippen LogP contribution in [0.1, 0.15) is 78.1 Å². The predicted octanol–water partition coefficient (Wildman–Crippen LogP) is 2.34. The van der Waals surface area contributed by atoms with Crippen LogP contribution >= 0.6 is 0 Å². The van der Waals surface area contributed by atoms with E-state index in [1.807, 2.05) is 0 Å². The van der Waals surface area contributed by atoms with Gasteiger partial charge in [0, 0.05) is 13.3 Å². The molecule has 0 radical (unpaired) electrons. The Balaban J connectivity index is 0. The third kappa shape index (κ3) is 16.0. The molecule has 22 heavy (non-hydrogen) atoms. The van der Waals surface area contributed by atoms with Gasteiger partial charge in [-0.2, -0.15) is 0 Å². The van der Waals surface area contributed by atoms with Gasteiger partial charge in [0.05, 0.1) is 0 Å². The van der Waals surface area contributed by atoms with E-state index in [1.54, 1.807) is 0 Å². The average molecular weight is 349 g/mol. The van der Waals surface area contributed by atoms with Gasteiger partial charge >= 0.3 is 45.4 Å². The van der Waals surface area contributed by atoms with Crippen LogP contribution in [-0.2, 0) is 28.4 Å². The molecule has 0 aliphatic rings. The molecule has 0 aromatic rings. The van der Waals surface area contributed by atoms with Gasteiger partial charge in [0.25, 0.3) is 0 Å². The summed E-state index contributed by atoms with van der Waals surface area (Å²) in [4.78, 5) is 21.7. The normalized spacial score (nSPS) is 10.6. The van der Waals surface area contributed by atoms with Crippen molar-refractivity contribution in [2.24, 2.45) is 0 Å². The van der Waals surface area contributed by atoms with Gasteiger partial charge in [0.15, 0.2) is 0 Å². The first-order chi connectivity index (χ1) is 9.87. The van der Waals surface area contributed by atoms with Crippen molar-refractivity contribution in [3.05, 3.63) is 0 Å². The molecule has 128 valence electrons. The van der Waals surface area contributed by atoms with E-state index >= 15 is 0 Å². The molecule has 0 saturated heterocycles. The Bertz CT molecular complexity index is 408. The molecule has 0 aromatic heterocycles. The first-order valence-corrected chi connectivity index (χ1v) is 8.88. The third-order valence-corrected chi connectivity index (χ3v) is 3.73. The number of hydrogen-bond acceptors (Lipinski definition) is 6. The minimum Gasteiger partial charge on any atom is -0.316 e. The van der Waals surface area contributed by atoms with Crippen molar-refractivity contribution in [1.82, 2.24) is 0 Å². The minimum atomic E-state index is -4.54. The Kier molecular flexibility index (Phi) is 15.5. The van der Waals surface area contributed by atoms with Gasteiger partial charge in [-0.05, 0) is 6.42 Å². The van der Waals surface area contributed by atoms with Crippen molar-refractivity contribution in [2.45, 2.75) is 78.1 Å². The van der Waals surface area contributed by atoms with Gasteiger partial charge in [0.2, 0.25) is 0 Å². The summed E-state index contributed by atoms with van der Waals surface area (Å²) < 4.78 is 30.1. The molecule has 0 amide bonds. The van der Waals surface area contributed by atoms with Crippen LogP contribution in [0.15, 0.2) is 0 Å². The number of hydrogen-bond donors (Lipinski definition) is 0. The van der Waals surface area contributed by atoms with Crippen LogP contribution in [0.25, 0.3) is 0 Å². The van der Waals surface area contributed by atoms with Gasteiger partial charge in [-0.15, -0.1) is 8.42 Å². The lowest BCUT2D eigenvalue weighted by atomic mass is 10.1. The average Bonchev–Trinajstić information content (AvgIpc) is 2.34. The van der Waals surface area contributed by atoms with Crippen LogP contribution in [0, 0.1) is 0 Å². The second kappa shape index (κ2) is 14.3. The quantitative estimate of drug-likeness (QED) is 0.397. The monoisotopic (exact) mass is 348 g/mol. The molecular formula is C14H28MgO6S. The second-order valence-corrected chi connectivity index (χ2v) is 6.17. The smallest absolute Gasteiger partial charge is 0.316 e. The van der Waals surface area contributed by atoms with E-state index < -0.39 is 22.3 Å². The van der Waals surface area contributed by atoms with Crippen molar-refractivity contribution >= 4 is 45.4 Å². The summed E-state index contributed by atoms with van der Waals surface area (Å²) in [6.45, 7) is 3.10. The van der Waals surface area contributed by atoms with Crippen LogP contribution in [0.5, 0.6) is 0 Å². The van der Waals surface area contributed by atoms with E-state index in [4.69, 9.17) is 0 Å². The Hall–Kier alpha value is -0.344. The highest BCUT2D eigenvalue weighted by Gasteiger charge is 2.20. The third-order valence-electron chi connectivity index (χ3n) is 2.90. The Morgan fingerprint density at radius 2 is 1.27 bits per heavy atom. The molecule has 0 spiro atoms. The zero-order valence-corrected chi connectivity index (χ0v) is 13.7. The molecule has 0 aliphatic carbocycles. The highest BCUT2D eigenvalue weighted by atomic mass is 32.3. The fourth-order valence-electron chi connectivity index (χ4n) is 1.90. The van der Waals surface area contributed by atoms with Crippen LogP contribution in [0.4, 0.5) is 0 Å². The van der Waals surface area contributed by atoms with E-state index in [2.05, 4.69) is 15.3 Å². The topological polar surface area (TPSA) is 86.7 Å². The van der Waals surface area contributed by atoms with Crippen LogP contribution in [-0.4, -0.2) is 43.4 Å². The number of unbranched alkanes of at least 4 members (excludes halogenated alkanes) is 8. The fourth-order valence-corrected chi connectivity index (χ4v) is 2.53. The fraction of sp³-hybridized carbons (Fsp3) is 0.857. The molecule has 6 nitrogen and oxygen atoms in total. The van der Waals surface area contributed by atoms with Gasteiger partial charge in [-0.3, -0.25) is 9.59 Å². The maximum Gasteiger partial charge on any atom is 0.506 e. The molecule has 0 unspecified atom stereocenters. The number of carbonyl (C=O) groups is 2. The zero-order valence-electron chi connectivity index (χ0n) is 12.9. The summed E-state index contributed by atoms with van der Waals surface area (Å²) >= 11 is 0. The number of carbonyl (C=O) groups excluding carboxylic acids is 2. The highest BCUT2D eigenvalue weighted by molar-refractivity contribution is 7.82. The van der Waals surface area contributed by atoms with Crippen LogP contribution in [0.2, 0.25) is 0 Å². The summed E-state index contributed by atoms with van der Waals surface area (Å²) in [6.07, 6.45) is 9.83. The SMILES string of the molecule is CCCCCCCCCCCC(=O)OS(=O)(=O)OC(C)=O.[MgH2]. The zero-order chi connectivity index (χ0) is 16.1. The van der Waals surface area contributed by atoms with E-state index in [9.17, 15) is 18.0 Å². The van der Waals surface area contributed by atoms with E-state index in [0.717, 1.165) is 26.2 Å². The van der Waals surface area contributed by atoms with Gasteiger partial charge < -0.3 is 8.37 Å². The lowest BCUT2D eigenvalue weighted by molar-refractivity contribution is -0.136. The summed E-state index contributed by atoms with van der Waals surface area (Å²) in [5.41, 5.74) is 0. The Labute approximate surface area is 149 Å². The summed E-state index contributed by atoms with van der Waals surface area (Å²) in [7, 11) is -4.54. The van der Waals surface area contributed by atoms with E-state index in [-0.39, 0.29) is 29.5 Å². The van der Waals surface area contributed by atoms with E-state index in [0.29, 0.717) is 6.42 Å². The molecule has 0 saturated carbocycles. The van der Waals surface area contributed by atoms with Crippen molar-refractivity contribution in [1.29, 1.82) is 0 Å². The first-order valence-electron chi connectivity index (χ1n) is 7.54. The van der Waals surface area contributed by atoms with Crippen LogP contribution < -0.4 is 0 Å². The maximum absolute atomic E-state index is 11.3.